The first-order chi connectivity index (χ1) is 8.10. The molecule has 0 fully saturated rings. The molecule has 0 amide bonds. The summed E-state index contributed by atoms with van der Waals surface area (Å²) in [5.74, 6) is -3.87. The number of hydrogen-bond acceptors (Lipinski definition) is 3. The van der Waals surface area contributed by atoms with Gasteiger partial charge < -0.3 is 4.74 Å². The van der Waals surface area contributed by atoms with Crippen LogP contribution in [-0.2, 0) is 16.0 Å². The molecule has 3 nitrogen and oxygen atoms in total. The average molecular weight is 239 g/mol. The van der Waals surface area contributed by atoms with Crippen molar-refractivity contribution in [3.63, 3.8) is 0 Å². The minimum absolute atomic E-state index is 0.00963. The van der Waals surface area contributed by atoms with Gasteiger partial charge in [0.25, 0.3) is 0 Å². The van der Waals surface area contributed by atoms with Crippen LogP contribution in [0.2, 0.25) is 0 Å². The van der Waals surface area contributed by atoms with Gasteiger partial charge in [0, 0.05) is 6.42 Å². The van der Waals surface area contributed by atoms with Crippen LogP contribution in [0, 0.1) is 28.9 Å². The summed E-state index contributed by atoms with van der Waals surface area (Å²) in [5.41, 5.74) is -0.00963. The summed E-state index contributed by atoms with van der Waals surface area (Å²) >= 11 is 0. The van der Waals surface area contributed by atoms with Crippen molar-refractivity contribution in [2.24, 2.45) is 5.92 Å². The largest absolute Gasteiger partial charge is 0.465 e. The smallest absolute Gasteiger partial charge is 0.323 e. The van der Waals surface area contributed by atoms with E-state index in [0.717, 1.165) is 6.07 Å². The van der Waals surface area contributed by atoms with Crippen LogP contribution < -0.4 is 0 Å². The summed E-state index contributed by atoms with van der Waals surface area (Å²) in [4.78, 5) is 11.3. The molecule has 1 aromatic rings. The van der Waals surface area contributed by atoms with Crippen LogP contribution in [0.15, 0.2) is 18.2 Å². The first-order valence-electron chi connectivity index (χ1n) is 5.09. The van der Waals surface area contributed by atoms with E-state index in [0.29, 0.717) is 0 Å². The summed E-state index contributed by atoms with van der Waals surface area (Å²) in [5, 5.41) is 8.78. The molecule has 0 aromatic heterocycles. The predicted molar refractivity (Wildman–Crippen MR) is 55.8 cm³/mol. The lowest BCUT2D eigenvalue weighted by atomic mass is 10.0. The fourth-order valence-corrected chi connectivity index (χ4v) is 1.35. The summed E-state index contributed by atoms with van der Waals surface area (Å²) in [6.07, 6.45) is -0.196. The lowest BCUT2D eigenvalue weighted by Crippen LogP contribution is -2.19. The van der Waals surface area contributed by atoms with Crippen LogP contribution >= 0.6 is 0 Å². The SMILES string of the molecule is CCOC(=O)C(C#N)Cc1cccc(F)c1F. The summed E-state index contributed by atoms with van der Waals surface area (Å²) in [6, 6.07) is 5.36. The molecule has 0 heterocycles. The lowest BCUT2D eigenvalue weighted by molar-refractivity contribution is -0.145. The number of rotatable bonds is 4. The lowest BCUT2D eigenvalue weighted by Gasteiger charge is -2.09. The van der Waals surface area contributed by atoms with E-state index < -0.39 is 23.5 Å². The quantitative estimate of drug-likeness (QED) is 0.757. The van der Waals surface area contributed by atoms with Crippen molar-refractivity contribution in [2.75, 3.05) is 6.61 Å². The Morgan fingerprint density at radius 2 is 2.24 bits per heavy atom. The highest BCUT2D eigenvalue weighted by Gasteiger charge is 2.22. The van der Waals surface area contributed by atoms with E-state index in [1.54, 1.807) is 13.0 Å². The third-order valence-corrected chi connectivity index (χ3v) is 2.18. The Balaban J connectivity index is 2.85. The Kier molecular flexibility index (Phi) is 4.58. The van der Waals surface area contributed by atoms with Crippen molar-refractivity contribution in [1.82, 2.24) is 0 Å². The van der Waals surface area contributed by atoms with Crippen molar-refractivity contribution < 1.29 is 18.3 Å². The van der Waals surface area contributed by atoms with Gasteiger partial charge in [0.2, 0.25) is 0 Å². The number of benzene rings is 1. The van der Waals surface area contributed by atoms with Gasteiger partial charge in [-0.05, 0) is 18.6 Å². The Morgan fingerprint density at radius 1 is 1.53 bits per heavy atom. The number of halogens is 2. The Morgan fingerprint density at radius 3 is 2.82 bits per heavy atom. The molecular formula is C12H11F2NO2. The molecule has 0 saturated carbocycles. The van der Waals surface area contributed by atoms with Gasteiger partial charge in [-0.25, -0.2) is 8.78 Å². The minimum Gasteiger partial charge on any atom is -0.465 e. The molecular weight excluding hydrogens is 228 g/mol. The molecule has 0 radical (unpaired) electrons. The molecule has 17 heavy (non-hydrogen) atoms. The number of ether oxygens (including phenoxy) is 1. The first kappa shape index (κ1) is 13.1. The van der Waals surface area contributed by atoms with E-state index in [9.17, 15) is 13.6 Å². The van der Waals surface area contributed by atoms with Crippen LogP contribution in [0.4, 0.5) is 8.78 Å². The number of nitriles is 1. The second-order valence-corrected chi connectivity index (χ2v) is 3.35. The van der Waals surface area contributed by atoms with Gasteiger partial charge in [-0.15, -0.1) is 0 Å². The van der Waals surface area contributed by atoms with E-state index in [2.05, 4.69) is 4.74 Å². The van der Waals surface area contributed by atoms with Crippen LogP contribution in [0.5, 0.6) is 0 Å². The third kappa shape index (κ3) is 3.25. The van der Waals surface area contributed by atoms with Gasteiger partial charge in [-0.3, -0.25) is 4.79 Å². The summed E-state index contributed by atoms with van der Waals surface area (Å²) in [7, 11) is 0. The standard InChI is InChI=1S/C12H11F2NO2/c1-2-17-12(16)9(7-15)6-8-4-3-5-10(13)11(8)14/h3-5,9H,2,6H2,1H3. The normalized spacial score (nSPS) is 11.6. The fourth-order valence-electron chi connectivity index (χ4n) is 1.35. The highest BCUT2D eigenvalue weighted by Crippen LogP contribution is 2.16. The molecule has 0 aliphatic rings. The van der Waals surface area contributed by atoms with Gasteiger partial charge >= 0.3 is 5.97 Å². The maximum absolute atomic E-state index is 13.3. The molecule has 0 saturated heterocycles. The van der Waals surface area contributed by atoms with Crippen molar-refractivity contribution in [1.29, 1.82) is 5.26 Å². The van der Waals surface area contributed by atoms with Crippen LogP contribution in [0.3, 0.4) is 0 Å². The molecule has 1 rings (SSSR count). The van der Waals surface area contributed by atoms with Crippen LogP contribution in [-0.4, -0.2) is 12.6 Å². The highest BCUT2D eigenvalue weighted by atomic mass is 19.2. The predicted octanol–water partition coefficient (Wildman–Crippen LogP) is 2.21. The van der Waals surface area contributed by atoms with Gasteiger partial charge in [0.1, 0.15) is 5.92 Å². The van der Waals surface area contributed by atoms with Crippen molar-refractivity contribution >= 4 is 5.97 Å². The number of nitrogens with zero attached hydrogens (tertiary/aromatic N) is 1. The van der Waals surface area contributed by atoms with Crippen molar-refractivity contribution in [2.45, 2.75) is 13.3 Å². The van der Waals surface area contributed by atoms with Gasteiger partial charge in [0.15, 0.2) is 11.6 Å². The zero-order valence-corrected chi connectivity index (χ0v) is 9.24. The monoisotopic (exact) mass is 239 g/mol. The van der Waals surface area contributed by atoms with Crippen molar-refractivity contribution in [3.05, 3.63) is 35.4 Å². The van der Waals surface area contributed by atoms with E-state index in [1.807, 2.05) is 0 Å². The molecule has 1 aromatic carbocycles. The average Bonchev–Trinajstić information content (AvgIpc) is 2.31. The van der Waals surface area contributed by atoms with Crippen molar-refractivity contribution in [3.8, 4) is 6.07 Å². The highest BCUT2D eigenvalue weighted by molar-refractivity contribution is 5.75. The van der Waals surface area contributed by atoms with E-state index >= 15 is 0 Å². The van der Waals surface area contributed by atoms with Crippen LogP contribution in [0.1, 0.15) is 12.5 Å². The molecule has 0 bridgehead atoms. The minimum atomic E-state index is -1.12. The Bertz CT molecular complexity index is 454. The number of hydrogen-bond donors (Lipinski definition) is 0. The number of carbonyl (C=O) groups excluding carboxylic acids is 1. The van der Waals surface area contributed by atoms with Gasteiger partial charge in [-0.1, -0.05) is 12.1 Å². The Labute approximate surface area is 97.6 Å². The molecule has 0 aliphatic heterocycles. The molecule has 1 unspecified atom stereocenters. The zero-order valence-electron chi connectivity index (χ0n) is 9.24. The third-order valence-electron chi connectivity index (χ3n) is 2.18. The maximum atomic E-state index is 13.3. The Hall–Kier alpha value is -1.96. The number of esters is 1. The van der Waals surface area contributed by atoms with E-state index in [1.165, 1.54) is 12.1 Å². The van der Waals surface area contributed by atoms with Gasteiger partial charge in [0.05, 0.1) is 12.7 Å². The van der Waals surface area contributed by atoms with E-state index in [4.69, 9.17) is 5.26 Å². The second-order valence-electron chi connectivity index (χ2n) is 3.35. The van der Waals surface area contributed by atoms with Crippen LogP contribution in [0.25, 0.3) is 0 Å². The number of carbonyl (C=O) groups is 1. The molecule has 5 heteroatoms. The maximum Gasteiger partial charge on any atom is 0.323 e. The summed E-state index contributed by atoms with van der Waals surface area (Å²) in [6.45, 7) is 1.75. The summed E-state index contributed by atoms with van der Waals surface area (Å²) < 4.78 is 30.9. The zero-order chi connectivity index (χ0) is 12.8. The van der Waals surface area contributed by atoms with E-state index in [-0.39, 0.29) is 18.6 Å². The molecule has 0 aliphatic carbocycles. The fraction of sp³-hybridized carbons (Fsp3) is 0.333. The molecule has 90 valence electrons. The second kappa shape index (κ2) is 5.94. The first-order valence-corrected chi connectivity index (χ1v) is 5.09. The topological polar surface area (TPSA) is 50.1 Å². The molecule has 0 spiro atoms. The van der Waals surface area contributed by atoms with Gasteiger partial charge in [-0.2, -0.15) is 5.26 Å². The molecule has 0 N–H and O–H groups in total. The molecule has 1 atom stereocenters.